The van der Waals surface area contributed by atoms with Crippen molar-refractivity contribution < 1.29 is 8.78 Å². The van der Waals surface area contributed by atoms with Gasteiger partial charge < -0.3 is 5.32 Å². The summed E-state index contributed by atoms with van der Waals surface area (Å²) >= 11 is 1.48. The van der Waals surface area contributed by atoms with Gasteiger partial charge in [-0.1, -0.05) is 0 Å². The lowest BCUT2D eigenvalue weighted by molar-refractivity contribution is 0.509. The zero-order valence-corrected chi connectivity index (χ0v) is 13.7. The predicted octanol–water partition coefficient (Wildman–Crippen LogP) is 4.88. The highest BCUT2D eigenvalue weighted by atomic mass is 32.1. The smallest absolute Gasteiger partial charge is 0.160 e. The minimum absolute atomic E-state index is 0.423. The maximum Gasteiger partial charge on any atom is 0.160 e. The molecule has 4 aromatic rings. The van der Waals surface area contributed by atoms with Crippen LogP contribution in [0.4, 0.5) is 20.3 Å². The summed E-state index contributed by atoms with van der Waals surface area (Å²) in [7, 11) is 0. The van der Waals surface area contributed by atoms with Crippen molar-refractivity contribution in [3.05, 3.63) is 53.5 Å². The molecule has 7 heteroatoms. The van der Waals surface area contributed by atoms with Gasteiger partial charge in [0.1, 0.15) is 11.2 Å². The van der Waals surface area contributed by atoms with Crippen LogP contribution in [-0.4, -0.2) is 15.0 Å². The number of aryl methyl sites for hydroxylation is 2. The highest BCUT2D eigenvalue weighted by Gasteiger charge is 2.15. The second-order valence-corrected chi connectivity index (χ2v) is 6.52. The van der Waals surface area contributed by atoms with E-state index in [1.54, 1.807) is 0 Å². The number of nitrogens with zero attached hydrogens (tertiary/aromatic N) is 3. The third-order valence-corrected chi connectivity index (χ3v) is 4.81. The Labute approximate surface area is 140 Å². The fourth-order valence-corrected chi connectivity index (χ4v) is 3.90. The molecule has 0 aliphatic rings. The van der Waals surface area contributed by atoms with Crippen LogP contribution in [0.15, 0.2) is 30.6 Å². The topological polar surface area (TPSA) is 50.7 Å². The fraction of sp³-hybridized carbons (Fsp3) is 0.118. The number of nitrogens with one attached hydrogen (secondary N) is 1. The molecule has 0 aliphatic carbocycles. The first-order valence-corrected chi connectivity index (χ1v) is 8.08. The van der Waals surface area contributed by atoms with Crippen LogP contribution in [-0.2, 0) is 0 Å². The van der Waals surface area contributed by atoms with Gasteiger partial charge in [0.25, 0.3) is 0 Å². The van der Waals surface area contributed by atoms with Crippen molar-refractivity contribution in [3.8, 4) is 0 Å². The van der Waals surface area contributed by atoms with E-state index in [9.17, 15) is 8.78 Å². The Hall–Kier alpha value is -2.67. The number of anilines is 2. The molecule has 0 saturated heterocycles. The quantitative estimate of drug-likeness (QED) is 0.564. The third kappa shape index (κ3) is 2.37. The lowest BCUT2D eigenvalue weighted by Gasteiger charge is -2.06. The first kappa shape index (κ1) is 14.9. The van der Waals surface area contributed by atoms with Gasteiger partial charge in [0.05, 0.1) is 10.2 Å². The van der Waals surface area contributed by atoms with Crippen molar-refractivity contribution in [2.24, 2.45) is 0 Å². The van der Waals surface area contributed by atoms with Gasteiger partial charge in [-0.3, -0.25) is 0 Å². The Bertz CT molecular complexity index is 1090. The van der Waals surface area contributed by atoms with Crippen LogP contribution in [0, 0.1) is 25.5 Å². The summed E-state index contributed by atoms with van der Waals surface area (Å²) in [5, 5.41) is 4.03. The molecule has 0 fully saturated rings. The summed E-state index contributed by atoms with van der Waals surface area (Å²) < 4.78 is 27.3. The van der Waals surface area contributed by atoms with Gasteiger partial charge in [-0.25, -0.2) is 23.7 Å². The number of aromatic nitrogens is 3. The van der Waals surface area contributed by atoms with Crippen molar-refractivity contribution in [3.63, 3.8) is 0 Å². The van der Waals surface area contributed by atoms with E-state index in [4.69, 9.17) is 0 Å². The van der Waals surface area contributed by atoms with Gasteiger partial charge in [0.2, 0.25) is 0 Å². The molecule has 0 radical (unpaired) electrons. The minimum Gasteiger partial charge on any atom is -0.339 e. The van der Waals surface area contributed by atoms with Gasteiger partial charge in [-0.05, 0) is 37.6 Å². The summed E-state index contributed by atoms with van der Waals surface area (Å²) in [4.78, 5) is 14.1. The van der Waals surface area contributed by atoms with Crippen LogP contribution < -0.4 is 5.32 Å². The molecule has 1 N–H and O–H groups in total. The van der Waals surface area contributed by atoms with Gasteiger partial charge in [-0.15, -0.1) is 11.3 Å². The number of rotatable bonds is 2. The van der Waals surface area contributed by atoms with Gasteiger partial charge in [0.15, 0.2) is 17.5 Å². The summed E-state index contributed by atoms with van der Waals surface area (Å²) in [5.74, 6) is -1.24. The molecule has 24 heavy (non-hydrogen) atoms. The van der Waals surface area contributed by atoms with Crippen LogP contribution in [0.3, 0.4) is 0 Å². The van der Waals surface area contributed by atoms with Crippen LogP contribution >= 0.6 is 11.3 Å². The molecule has 4 nitrogen and oxygen atoms in total. The van der Waals surface area contributed by atoms with E-state index in [1.807, 2.05) is 19.9 Å². The van der Waals surface area contributed by atoms with Crippen molar-refractivity contribution >= 4 is 43.3 Å². The first-order chi connectivity index (χ1) is 11.5. The second kappa shape index (κ2) is 5.45. The first-order valence-electron chi connectivity index (χ1n) is 7.26. The molecule has 0 spiro atoms. The highest BCUT2D eigenvalue weighted by molar-refractivity contribution is 7.26. The van der Waals surface area contributed by atoms with Crippen LogP contribution in [0.1, 0.15) is 11.3 Å². The van der Waals surface area contributed by atoms with E-state index in [0.29, 0.717) is 11.5 Å². The molecule has 3 aromatic heterocycles. The zero-order valence-electron chi connectivity index (χ0n) is 12.9. The lowest BCUT2D eigenvalue weighted by atomic mass is 10.1. The van der Waals surface area contributed by atoms with E-state index < -0.39 is 11.6 Å². The van der Waals surface area contributed by atoms with Crippen molar-refractivity contribution in [2.45, 2.75) is 13.8 Å². The van der Waals surface area contributed by atoms with Crippen LogP contribution in [0.2, 0.25) is 0 Å². The number of benzene rings is 1. The van der Waals surface area contributed by atoms with Crippen LogP contribution in [0.25, 0.3) is 20.4 Å². The Balaban J connectivity index is 1.89. The molecule has 0 unspecified atom stereocenters. The standard InChI is InChI=1S/C17H12F2N4S/c1-8-5-9(2)22-17-13(8)14-15(24-17)16(21-7-20-14)23-10-3-4-11(18)12(19)6-10/h3-7H,1-2H3,(H,20,21,23). The summed E-state index contributed by atoms with van der Waals surface area (Å²) in [6.45, 7) is 3.97. The van der Waals surface area contributed by atoms with E-state index in [-0.39, 0.29) is 0 Å². The number of hydrogen-bond donors (Lipinski definition) is 1. The van der Waals surface area contributed by atoms with Crippen molar-refractivity contribution in [2.75, 3.05) is 5.32 Å². The summed E-state index contributed by atoms with van der Waals surface area (Å²) in [6, 6.07) is 5.66. The molecule has 120 valence electrons. The van der Waals surface area contributed by atoms with Gasteiger partial charge >= 0.3 is 0 Å². The Morgan fingerprint density at radius 1 is 1.04 bits per heavy atom. The van der Waals surface area contributed by atoms with E-state index in [1.165, 1.54) is 23.7 Å². The SMILES string of the molecule is Cc1cc(C)c2c(n1)sc1c(Nc3ccc(F)c(F)c3)ncnc12. The normalized spacial score (nSPS) is 11.3. The number of halogens is 2. The third-order valence-electron chi connectivity index (χ3n) is 3.73. The van der Waals surface area contributed by atoms with E-state index in [2.05, 4.69) is 20.3 Å². The van der Waals surface area contributed by atoms with Gasteiger partial charge in [-0.2, -0.15) is 0 Å². The number of fused-ring (bicyclic) bond motifs is 3. The zero-order chi connectivity index (χ0) is 16.8. The van der Waals surface area contributed by atoms with E-state index >= 15 is 0 Å². The molecule has 0 saturated carbocycles. The van der Waals surface area contributed by atoms with Crippen LogP contribution in [0.5, 0.6) is 0 Å². The summed E-state index contributed by atoms with van der Waals surface area (Å²) in [5.41, 5.74) is 3.27. The van der Waals surface area contributed by atoms with Gasteiger partial charge in [0, 0.05) is 22.8 Å². The van der Waals surface area contributed by atoms with Crippen molar-refractivity contribution in [1.82, 2.24) is 15.0 Å². The summed E-state index contributed by atoms with van der Waals surface area (Å²) in [6.07, 6.45) is 1.45. The molecule has 0 atom stereocenters. The Morgan fingerprint density at radius 3 is 2.67 bits per heavy atom. The maximum absolute atomic E-state index is 13.4. The number of pyridine rings is 1. The fourth-order valence-electron chi connectivity index (χ4n) is 2.71. The number of hydrogen-bond acceptors (Lipinski definition) is 5. The molecule has 0 aliphatic heterocycles. The molecular weight excluding hydrogens is 330 g/mol. The molecule has 0 amide bonds. The molecule has 1 aromatic carbocycles. The maximum atomic E-state index is 13.4. The monoisotopic (exact) mass is 342 g/mol. The average molecular weight is 342 g/mol. The molecule has 3 heterocycles. The average Bonchev–Trinajstić information content (AvgIpc) is 2.90. The van der Waals surface area contributed by atoms with E-state index in [0.717, 1.165) is 43.8 Å². The lowest BCUT2D eigenvalue weighted by Crippen LogP contribution is -1.96. The minimum atomic E-state index is -0.908. The predicted molar refractivity (Wildman–Crippen MR) is 91.8 cm³/mol. The Morgan fingerprint density at radius 2 is 1.88 bits per heavy atom. The highest BCUT2D eigenvalue weighted by Crippen LogP contribution is 2.37. The van der Waals surface area contributed by atoms with Crippen molar-refractivity contribution in [1.29, 1.82) is 0 Å². The number of thiophene rings is 1. The largest absolute Gasteiger partial charge is 0.339 e. The Kier molecular flexibility index (Phi) is 3.38. The molecular formula is C17H12F2N4S. The molecule has 4 rings (SSSR count). The molecule has 0 bridgehead atoms. The second-order valence-electron chi connectivity index (χ2n) is 5.52.